The van der Waals surface area contributed by atoms with Crippen LogP contribution in [0.2, 0.25) is 0 Å². The van der Waals surface area contributed by atoms with E-state index in [1.165, 1.54) is 32.1 Å². The highest BCUT2D eigenvalue weighted by atomic mass is 32.2. The van der Waals surface area contributed by atoms with E-state index in [4.69, 9.17) is 12.2 Å². The predicted molar refractivity (Wildman–Crippen MR) is 73.6 cm³/mol. The maximum Gasteiger partial charge on any atom is 0.166 e. The van der Waals surface area contributed by atoms with Gasteiger partial charge in [-0.3, -0.25) is 0 Å². The lowest BCUT2D eigenvalue weighted by Gasteiger charge is -2.25. The number of thioether (sulfide) groups is 1. The molecule has 0 amide bonds. The minimum Gasteiger partial charge on any atom is -0.360 e. The Balaban J connectivity index is 2.16. The van der Waals surface area contributed by atoms with Crippen LogP contribution in [-0.2, 0) is 0 Å². The Morgan fingerprint density at radius 1 is 1.40 bits per heavy atom. The van der Waals surface area contributed by atoms with Crippen LogP contribution in [0.1, 0.15) is 39.0 Å². The van der Waals surface area contributed by atoms with Gasteiger partial charge in [0.25, 0.3) is 0 Å². The molecule has 0 spiro atoms. The SMILES string of the molecule is CSCC(C)NC(=S)NC1CCCCC1. The molecular formula is C11H22N2S2. The summed E-state index contributed by atoms with van der Waals surface area (Å²) in [7, 11) is 0. The molecule has 88 valence electrons. The van der Waals surface area contributed by atoms with Gasteiger partial charge in [-0.25, -0.2) is 0 Å². The Hall–Kier alpha value is 0.0400. The zero-order valence-electron chi connectivity index (χ0n) is 9.71. The number of rotatable bonds is 4. The van der Waals surface area contributed by atoms with E-state index in [0.29, 0.717) is 12.1 Å². The lowest BCUT2D eigenvalue weighted by atomic mass is 9.96. The van der Waals surface area contributed by atoms with Crippen molar-refractivity contribution in [3.05, 3.63) is 0 Å². The fourth-order valence-electron chi connectivity index (χ4n) is 1.99. The second-order valence-electron chi connectivity index (χ2n) is 4.31. The smallest absolute Gasteiger partial charge is 0.166 e. The molecule has 0 bridgehead atoms. The highest BCUT2D eigenvalue weighted by Gasteiger charge is 2.14. The van der Waals surface area contributed by atoms with Gasteiger partial charge in [0.2, 0.25) is 0 Å². The van der Waals surface area contributed by atoms with Crippen LogP contribution in [0.15, 0.2) is 0 Å². The molecule has 1 unspecified atom stereocenters. The molecule has 2 N–H and O–H groups in total. The lowest BCUT2D eigenvalue weighted by molar-refractivity contribution is 0.411. The van der Waals surface area contributed by atoms with Crippen molar-refractivity contribution in [2.75, 3.05) is 12.0 Å². The second kappa shape index (κ2) is 7.34. The Bertz CT molecular complexity index is 191. The van der Waals surface area contributed by atoms with E-state index in [0.717, 1.165) is 10.9 Å². The molecule has 15 heavy (non-hydrogen) atoms. The largest absolute Gasteiger partial charge is 0.360 e. The van der Waals surface area contributed by atoms with Gasteiger partial charge in [-0.15, -0.1) is 0 Å². The van der Waals surface area contributed by atoms with Crippen molar-refractivity contribution >= 4 is 29.1 Å². The van der Waals surface area contributed by atoms with E-state index < -0.39 is 0 Å². The minimum absolute atomic E-state index is 0.462. The summed E-state index contributed by atoms with van der Waals surface area (Å²) in [5, 5.41) is 7.58. The molecule has 1 aliphatic rings. The first-order chi connectivity index (χ1) is 7.22. The second-order valence-corrected chi connectivity index (χ2v) is 5.63. The minimum atomic E-state index is 0.462. The molecular weight excluding hydrogens is 224 g/mol. The zero-order valence-corrected chi connectivity index (χ0v) is 11.3. The third-order valence-corrected chi connectivity index (χ3v) is 3.80. The molecule has 2 nitrogen and oxygen atoms in total. The standard InChI is InChI=1S/C11H22N2S2/c1-9(8-15-2)12-11(14)13-10-6-4-3-5-7-10/h9-10H,3-8H2,1-2H3,(H2,12,13,14). The van der Waals surface area contributed by atoms with Crippen molar-refractivity contribution < 1.29 is 0 Å². The highest BCUT2D eigenvalue weighted by molar-refractivity contribution is 7.98. The predicted octanol–water partition coefficient (Wildman–Crippen LogP) is 2.53. The van der Waals surface area contributed by atoms with Crippen LogP contribution >= 0.6 is 24.0 Å². The van der Waals surface area contributed by atoms with Crippen molar-refractivity contribution in [2.24, 2.45) is 0 Å². The first kappa shape index (κ1) is 13.1. The molecule has 0 aliphatic heterocycles. The molecule has 1 aliphatic carbocycles. The van der Waals surface area contributed by atoms with Crippen LogP contribution in [-0.4, -0.2) is 29.2 Å². The van der Waals surface area contributed by atoms with E-state index >= 15 is 0 Å². The van der Waals surface area contributed by atoms with Gasteiger partial charge in [-0.2, -0.15) is 11.8 Å². The molecule has 1 rings (SSSR count). The summed E-state index contributed by atoms with van der Waals surface area (Å²) in [6.45, 7) is 2.17. The normalized spacial score (nSPS) is 19.6. The molecule has 4 heteroatoms. The van der Waals surface area contributed by atoms with Gasteiger partial charge in [-0.1, -0.05) is 19.3 Å². The fourth-order valence-corrected chi connectivity index (χ4v) is 2.94. The van der Waals surface area contributed by atoms with Crippen LogP contribution in [0.4, 0.5) is 0 Å². The third-order valence-electron chi connectivity index (χ3n) is 2.73. The van der Waals surface area contributed by atoms with Crippen molar-refractivity contribution in [3.8, 4) is 0 Å². The van der Waals surface area contributed by atoms with E-state index in [2.05, 4.69) is 23.8 Å². The Labute approximate surface area is 103 Å². The van der Waals surface area contributed by atoms with Crippen molar-refractivity contribution in [1.29, 1.82) is 0 Å². The molecule has 0 radical (unpaired) electrons. The van der Waals surface area contributed by atoms with E-state index in [9.17, 15) is 0 Å². The number of nitrogens with one attached hydrogen (secondary N) is 2. The number of hydrogen-bond acceptors (Lipinski definition) is 2. The summed E-state index contributed by atoms with van der Waals surface area (Å²) in [5.74, 6) is 1.10. The molecule has 0 aromatic heterocycles. The van der Waals surface area contributed by atoms with Gasteiger partial charge in [0.15, 0.2) is 5.11 Å². The molecule has 0 saturated heterocycles. The monoisotopic (exact) mass is 246 g/mol. The first-order valence-corrected chi connectivity index (χ1v) is 7.58. The van der Waals surface area contributed by atoms with E-state index in [-0.39, 0.29) is 0 Å². The maximum absolute atomic E-state index is 5.29. The van der Waals surface area contributed by atoms with Crippen molar-refractivity contribution in [2.45, 2.75) is 51.1 Å². The number of hydrogen-bond donors (Lipinski definition) is 2. The Morgan fingerprint density at radius 3 is 2.67 bits per heavy atom. The maximum atomic E-state index is 5.29. The molecule has 0 aromatic carbocycles. The van der Waals surface area contributed by atoms with Gasteiger partial charge in [0, 0.05) is 17.8 Å². The summed E-state index contributed by atoms with van der Waals surface area (Å²) in [6, 6.07) is 1.07. The molecule has 0 heterocycles. The Morgan fingerprint density at radius 2 is 2.07 bits per heavy atom. The zero-order chi connectivity index (χ0) is 11.1. The third kappa shape index (κ3) is 5.61. The van der Waals surface area contributed by atoms with E-state index in [1.807, 2.05) is 11.8 Å². The van der Waals surface area contributed by atoms with Crippen LogP contribution in [0, 0.1) is 0 Å². The van der Waals surface area contributed by atoms with Crippen LogP contribution in [0.3, 0.4) is 0 Å². The summed E-state index contributed by atoms with van der Waals surface area (Å²) in [4.78, 5) is 0. The first-order valence-electron chi connectivity index (χ1n) is 5.78. The van der Waals surface area contributed by atoms with Crippen molar-refractivity contribution in [3.63, 3.8) is 0 Å². The van der Waals surface area contributed by atoms with Gasteiger partial charge >= 0.3 is 0 Å². The number of thiocarbonyl (C=S) groups is 1. The van der Waals surface area contributed by atoms with Crippen LogP contribution in [0.5, 0.6) is 0 Å². The van der Waals surface area contributed by atoms with Gasteiger partial charge < -0.3 is 10.6 Å². The lowest BCUT2D eigenvalue weighted by Crippen LogP contribution is -2.46. The topological polar surface area (TPSA) is 24.1 Å². The average molecular weight is 246 g/mol. The molecule has 0 aromatic rings. The summed E-state index contributed by atoms with van der Waals surface area (Å²) >= 11 is 7.14. The van der Waals surface area contributed by atoms with Gasteiger partial charge in [0.1, 0.15) is 0 Å². The molecule has 1 saturated carbocycles. The van der Waals surface area contributed by atoms with Crippen molar-refractivity contribution in [1.82, 2.24) is 10.6 Å². The fraction of sp³-hybridized carbons (Fsp3) is 0.909. The summed E-state index contributed by atoms with van der Waals surface area (Å²) in [6.07, 6.45) is 8.76. The van der Waals surface area contributed by atoms with Crippen LogP contribution < -0.4 is 10.6 Å². The summed E-state index contributed by atoms with van der Waals surface area (Å²) < 4.78 is 0. The molecule has 1 fully saturated rings. The molecule has 1 atom stereocenters. The highest BCUT2D eigenvalue weighted by Crippen LogP contribution is 2.17. The van der Waals surface area contributed by atoms with E-state index in [1.54, 1.807) is 0 Å². The van der Waals surface area contributed by atoms with Gasteiger partial charge in [-0.05, 0) is 38.2 Å². The average Bonchev–Trinajstić information content (AvgIpc) is 2.19. The summed E-state index contributed by atoms with van der Waals surface area (Å²) in [5.41, 5.74) is 0. The van der Waals surface area contributed by atoms with Gasteiger partial charge in [0.05, 0.1) is 0 Å². The Kier molecular flexibility index (Phi) is 6.41. The van der Waals surface area contributed by atoms with Crippen LogP contribution in [0.25, 0.3) is 0 Å². The quantitative estimate of drug-likeness (QED) is 0.745.